The van der Waals surface area contributed by atoms with Crippen molar-refractivity contribution in [1.82, 2.24) is 0 Å². The molecule has 0 spiro atoms. The predicted molar refractivity (Wildman–Crippen MR) is 69.6 cm³/mol. The first-order valence-corrected chi connectivity index (χ1v) is 6.47. The van der Waals surface area contributed by atoms with Crippen molar-refractivity contribution in [3.8, 4) is 5.75 Å². The summed E-state index contributed by atoms with van der Waals surface area (Å²) < 4.78 is 5.32. The molecule has 0 aliphatic carbocycles. The van der Waals surface area contributed by atoms with Crippen molar-refractivity contribution in [2.75, 3.05) is 25.1 Å². The zero-order valence-electron chi connectivity index (χ0n) is 10.4. The van der Waals surface area contributed by atoms with Crippen LogP contribution in [0.2, 0.25) is 0 Å². The van der Waals surface area contributed by atoms with Crippen LogP contribution >= 0.6 is 0 Å². The smallest absolute Gasteiger partial charge is 0.120 e. The van der Waals surface area contributed by atoms with E-state index in [0.29, 0.717) is 12.0 Å². The number of ether oxygens (including phenoxy) is 1. The zero-order valence-corrected chi connectivity index (χ0v) is 10.4. The van der Waals surface area contributed by atoms with Gasteiger partial charge in [-0.15, -0.1) is 0 Å². The summed E-state index contributed by atoms with van der Waals surface area (Å²) in [6.07, 6.45) is 3.69. The molecule has 2 unspecified atom stereocenters. The molecule has 0 saturated carbocycles. The molecule has 2 aliphatic rings. The minimum Gasteiger partial charge on any atom is -0.497 e. The Kier molecular flexibility index (Phi) is 2.71. The van der Waals surface area contributed by atoms with Crippen LogP contribution in [0.15, 0.2) is 18.2 Å². The predicted octanol–water partition coefficient (Wildman–Crippen LogP) is 1.80. The van der Waals surface area contributed by atoms with E-state index in [-0.39, 0.29) is 0 Å². The first-order valence-electron chi connectivity index (χ1n) is 6.47. The molecule has 3 nitrogen and oxygen atoms in total. The Morgan fingerprint density at radius 3 is 3.12 bits per heavy atom. The number of benzene rings is 1. The molecule has 2 N–H and O–H groups in total. The summed E-state index contributed by atoms with van der Waals surface area (Å²) >= 11 is 0. The number of rotatable bonds is 2. The molecule has 3 heteroatoms. The topological polar surface area (TPSA) is 38.5 Å². The summed E-state index contributed by atoms with van der Waals surface area (Å²) in [5, 5.41) is 0. The van der Waals surface area contributed by atoms with Crippen LogP contribution in [0.4, 0.5) is 5.69 Å². The Labute approximate surface area is 103 Å². The Morgan fingerprint density at radius 1 is 1.47 bits per heavy atom. The minimum atomic E-state index is 0.621. The Hall–Kier alpha value is -1.22. The first-order chi connectivity index (χ1) is 8.33. The molecule has 2 atom stereocenters. The highest BCUT2D eigenvalue weighted by Crippen LogP contribution is 2.40. The molecule has 1 aromatic carbocycles. The number of methoxy groups -OCH3 is 1. The highest BCUT2D eigenvalue weighted by molar-refractivity contribution is 5.62. The van der Waals surface area contributed by atoms with Crippen LogP contribution in [0.25, 0.3) is 0 Å². The van der Waals surface area contributed by atoms with Crippen LogP contribution in [0.3, 0.4) is 0 Å². The summed E-state index contributed by atoms with van der Waals surface area (Å²) in [7, 11) is 1.73. The first kappa shape index (κ1) is 10.9. The van der Waals surface area contributed by atoms with Crippen molar-refractivity contribution in [2.24, 2.45) is 11.7 Å². The Morgan fingerprint density at radius 2 is 2.35 bits per heavy atom. The number of anilines is 1. The quantitative estimate of drug-likeness (QED) is 0.845. The molecule has 1 saturated heterocycles. The number of nitrogens with two attached hydrogens (primary N) is 1. The maximum absolute atomic E-state index is 5.90. The van der Waals surface area contributed by atoms with Gasteiger partial charge in [-0.1, -0.05) is 6.07 Å². The van der Waals surface area contributed by atoms with Gasteiger partial charge in [0.15, 0.2) is 0 Å². The fourth-order valence-corrected chi connectivity index (χ4v) is 3.32. The van der Waals surface area contributed by atoms with Gasteiger partial charge in [0.05, 0.1) is 7.11 Å². The average Bonchev–Trinajstić information content (AvgIpc) is 2.76. The molecule has 0 amide bonds. The molecule has 0 radical (unpaired) electrons. The maximum atomic E-state index is 5.90. The fraction of sp³-hybridized carbons (Fsp3) is 0.571. The molecule has 2 heterocycles. The van der Waals surface area contributed by atoms with Crippen molar-refractivity contribution in [2.45, 2.75) is 25.3 Å². The van der Waals surface area contributed by atoms with E-state index in [0.717, 1.165) is 18.7 Å². The summed E-state index contributed by atoms with van der Waals surface area (Å²) in [5.41, 5.74) is 8.72. The third kappa shape index (κ3) is 1.69. The van der Waals surface area contributed by atoms with E-state index < -0.39 is 0 Å². The normalized spacial score (nSPS) is 26.6. The molecule has 0 bridgehead atoms. The standard InChI is InChI=1S/C14H20N2O/c1-17-12-5-4-10-7-13-11(9-15)3-2-6-16(13)14(10)8-12/h4-5,8,11,13H,2-3,6-7,9,15H2,1H3. The number of hydrogen-bond donors (Lipinski definition) is 1. The van der Waals surface area contributed by atoms with Crippen molar-refractivity contribution in [3.05, 3.63) is 23.8 Å². The third-order valence-electron chi connectivity index (χ3n) is 4.25. The molecular weight excluding hydrogens is 212 g/mol. The lowest BCUT2D eigenvalue weighted by Crippen LogP contribution is -2.45. The second-order valence-electron chi connectivity index (χ2n) is 5.10. The third-order valence-corrected chi connectivity index (χ3v) is 4.25. The van der Waals surface area contributed by atoms with Crippen LogP contribution in [-0.2, 0) is 6.42 Å². The van der Waals surface area contributed by atoms with E-state index in [9.17, 15) is 0 Å². The Balaban J connectivity index is 1.94. The van der Waals surface area contributed by atoms with E-state index >= 15 is 0 Å². The largest absolute Gasteiger partial charge is 0.497 e. The number of piperidine rings is 1. The lowest BCUT2D eigenvalue weighted by atomic mass is 9.89. The van der Waals surface area contributed by atoms with Gasteiger partial charge in [-0.25, -0.2) is 0 Å². The summed E-state index contributed by atoms with van der Waals surface area (Å²) in [6.45, 7) is 1.98. The van der Waals surface area contributed by atoms with Crippen LogP contribution in [0, 0.1) is 5.92 Å². The van der Waals surface area contributed by atoms with E-state index in [1.54, 1.807) is 7.11 Å². The maximum Gasteiger partial charge on any atom is 0.120 e. The van der Waals surface area contributed by atoms with Crippen LogP contribution in [0.1, 0.15) is 18.4 Å². The second-order valence-corrected chi connectivity index (χ2v) is 5.10. The van der Waals surface area contributed by atoms with Crippen molar-refractivity contribution >= 4 is 5.69 Å². The van der Waals surface area contributed by atoms with Crippen LogP contribution < -0.4 is 15.4 Å². The minimum absolute atomic E-state index is 0.621. The molecule has 3 rings (SSSR count). The zero-order chi connectivity index (χ0) is 11.8. The van der Waals surface area contributed by atoms with Crippen molar-refractivity contribution < 1.29 is 4.74 Å². The fourth-order valence-electron chi connectivity index (χ4n) is 3.32. The molecule has 2 aliphatic heterocycles. The van der Waals surface area contributed by atoms with Crippen LogP contribution in [-0.4, -0.2) is 26.2 Å². The van der Waals surface area contributed by atoms with E-state index in [1.807, 2.05) is 0 Å². The van der Waals surface area contributed by atoms with Gasteiger partial charge in [0, 0.05) is 24.3 Å². The highest BCUT2D eigenvalue weighted by Gasteiger charge is 2.36. The van der Waals surface area contributed by atoms with Crippen LogP contribution in [0.5, 0.6) is 5.75 Å². The van der Waals surface area contributed by atoms with Gasteiger partial charge in [-0.2, -0.15) is 0 Å². The number of fused-ring (bicyclic) bond motifs is 3. The summed E-state index contributed by atoms with van der Waals surface area (Å²) in [6, 6.07) is 7.07. The molecule has 1 fully saturated rings. The van der Waals surface area contributed by atoms with Gasteiger partial charge in [-0.05, 0) is 43.4 Å². The molecule has 17 heavy (non-hydrogen) atoms. The van der Waals surface area contributed by atoms with E-state index in [4.69, 9.17) is 10.5 Å². The molecular formula is C14H20N2O. The lowest BCUT2D eigenvalue weighted by Gasteiger charge is -2.38. The van der Waals surface area contributed by atoms with Gasteiger partial charge >= 0.3 is 0 Å². The van der Waals surface area contributed by atoms with Gasteiger partial charge in [0.25, 0.3) is 0 Å². The van der Waals surface area contributed by atoms with Crippen molar-refractivity contribution in [3.63, 3.8) is 0 Å². The number of hydrogen-bond acceptors (Lipinski definition) is 3. The second kappa shape index (κ2) is 4.22. The summed E-state index contributed by atoms with van der Waals surface area (Å²) in [5.74, 6) is 1.61. The van der Waals surface area contributed by atoms with Gasteiger partial charge < -0.3 is 15.4 Å². The van der Waals surface area contributed by atoms with Gasteiger partial charge in [0.2, 0.25) is 0 Å². The van der Waals surface area contributed by atoms with Crippen molar-refractivity contribution in [1.29, 1.82) is 0 Å². The highest BCUT2D eigenvalue weighted by atomic mass is 16.5. The number of nitrogens with zero attached hydrogens (tertiary/aromatic N) is 1. The summed E-state index contributed by atoms with van der Waals surface area (Å²) in [4.78, 5) is 2.54. The van der Waals surface area contributed by atoms with Gasteiger partial charge in [0.1, 0.15) is 5.75 Å². The molecule has 92 valence electrons. The molecule has 0 aromatic heterocycles. The average molecular weight is 232 g/mol. The monoisotopic (exact) mass is 232 g/mol. The van der Waals surface area contributed by atoms with E-state index in [2.05, 4.69) is 23.1 Å². The molecule has 1 aromatic rings. The Bertz CT molecular complexity index is 419. The van der Waals surface area contributed by atoms with Gasteiger partial charge in [-0.3, -0.25) is 0 Å². The lowest BCUT2D eigenvalue weighted by molar-refractivity contribution is 0.339. The van der Waals surface area contributed by atoms with E-state index in [1.165, 1.54) is 30.6 Å². The SMILES string of the molecule is COc1ccc2c(c1)N1CCCC(CN)C1C2.